The third kappa shape index (κ3) is 3.48. The molecule has 4 unspecified atom stereocenters. The highest BCUT2D eigenvalue weighted by molar-refractivity contribution is 4.92. The van der Waals surface area contributed by atoms with Gasteiger partial charge in [0.05, 0.1) is 0 Å². The lowest BCUT2D eigenvalue weighted by atomic mass is 9.90. The van der Waals surface area contributed by atoms with Crippen molar-refractivity contribution in [2.24, 2.45) is 5.92 Å². The van der Waals surface area contributed by atoms with E-state index in [1.165, 1.54) is 51.5 Å². The summed E-state index contributed by atoms with van der Waals surface area (Å²) in [5.41, 5.74) is 0. The number of hydrogen-bond acceptors (Lipinski definition) is 2. The fourth-order valence-electron chi connectivity index (χ4n) is 4.16. The minimum atomic E-state index is 0.739. The third-order valence-electron chi connectivity index (χ3n) is 4.95. The summed E-state index contributed by atoms with van der Waals surface area (Å²) in [5.74, 6) is 0.896. The van der Waals surface area contributed by atoms with Crippen molar-refractivity contribution in [2.75, 3.05) is 13.1 Å². The average Bonchev–Trinajstić information content (AvgIpc) is 2.62. The van der Waals surface area contributed by atoms with E-state index in [9.17, 15) is 0 Å². The van der Waals surface area contributed by atoms with Crippen LogP contribution in [0, 0.1) is 5.92 Å². The Morgan fingerprint density at radius 1 is 1.06 bits per heavy atom. The van der Waals surface area contributed by atoms with Gasteiger partial charge in [0.2, 0.25) is 0 Å². The van der Waals surface area contributed by atoms with Crippen molar-refractivity contribution >= 4 is 0 Å². The van der Waals surface area contributed by atoms with Crippen LogP contribution < -0.4 is 5.32 Å². The maximum atomic E-state index is 3.77. The van der Waals surface area contributed by atoms with Crippen molar-refractivity contribution in [1.29, 1.82) is 0 Å². The van der Waals surface area contributed by atoms with E-state index >= 15 is 0 Å². The van der Waals surface area contributed by atoms with E-state index in [2.05, 4.69) is 31.0 Å². The molecule has 1 N–H and O–H groups in total. The predicted octanol–water partition coefficient (Wildman–Crippen LogP) is 3.42. The fraction of sp³-hybridized carbons (Fsp3) is 1.00. The third-order valence-corrected chi connectivity index (χ3v) is 4.95. The summed E-state index contributed by atoms with van der Waals surface area (Å²) in [7, 11) is 0. The maximum Gasteiger partial charge on any atom is 0.0252 e. The monoisotopic (exact) mass is 252 g/mol. The Morgan fingerprint density at radius 3 is 2.39 bits per heavy atom. The van der Waals surface area contributed by atoms with E-state index in [1.54, 1.807) is 0 Å². The molecular weight excluding hydrogens is 220 g/mol. The largest absolute Gasteiger partial charge is 0.313 e. The molecule has 106 valence electrons. The predicted molar refractivity (Wildman–Crippen MR) is 78.9 cm³/mol. The highest BCUT2D eigenvalue weighted by Gasteiger charge is 2.35. The minimum absolute atomic E-state index is 0.739. The summed E-state index contributed by atoms with van der Waals surface area (Å²) in [6.45, 7) is 9.56. The van der Waals surface area contributed by atoms with E-state index in [4.69, 9.17) is 0 Å². The van der Waals surface area contributed by atoms with Crippen LogP contribution in [-0.2, 0) is 0 Å². The van der Waals surface area contributed by atoms with Gasteiger partial charge in [-0.25, -0.2) is 0 Å². The second-order valence-electron chi connectivity index (χ2n) is 6.61. The standard InChI is InChI=1S/C16H32N2/c1-4-17-15-9-7-5-6-8-10-16(15)18-12-13(2)11-14(18)3/h13-17H,4-12H2,1-3H3. The molecule has 2 nitrogen and oxygen atoms in total. The van der Waals surface area contributed by atoms with Gasteiger partial charge in [-0.1, -0.05) is 39.5 Å². The van der Waals surface area contributed by atoms with Crippen molar-refractivity contribution in [3.63, 3.8) is 0 Å². The van der Waals surface area contributed by atoms with Crippen LogP contribution in [0.3, 0.4) is 0 Å². The minimum Gasteiger partial charge on any atom is -0.313 e. The highest BCUT2D eigenvalue weighted by Crippen LogP contribution is 2.30. The van der Waals surface area contributed by atoms with Crippen molar-refractivity contribution < 1.29 is 0 Å². The molecule has 2 heteroatoms. The molecule has 2 aliphatic rings. The quantitative estimate of drug-likeness (QED) is 0.828. The van der Waals surface area contributed by atoms with Crippen molar-refractivity contribution in [3.8, 4) is 0 Å². The first kappa shape index (κ1) is 14.3. The molecule has 0 aromatic heterocycles. The second kappa shape index (κ2) is 6.91. The smallest absolute Gasteiger partial charge is 0.0252 e. The van der Waals surface area contributed by atoms with Gasteiger partial charge in [-0.05, 0) is 38.6 Å². The van der Waals surface area contributed by atoms with Gasteiger partial charge in [-0.3, -0.25) is 4.90 Å². The van der Waals surface area contributed by atoms with Crippen LogP contribution in [0.2, 0.25) is 0 Å². The van der Waals surface area contributed by atoms with Gasteiger partial charge in [0.25, 0.3) is 0 Å². The number of likely N-dealkylation sites (N-methyl/N-ethyl adjacent to an activating group) is 1. The van der Waals surface area contributed by atoms with E-state index < -0.39 is 0 Å². The Bertz CT molecular complexity index is 241. The molecule has 0 radical (unpaired) electrons. The van der Waals surface area contributed by atoms with Crippen molar-refractivity contribution in [1.82, 2.24) is 10.2 Å². The molecule has 1 saturated heterocycles. The summed E-state index contributed by atoms with van der Waals surface area (Å²) in [6, 6.07) is 2.33. The number of hydrogen-bond donors (Lipinski definition) is 1. The number of nitrogens with one attached hydrogen (secondary N) is 1. The lowest BCUT2D eigenvalue weighted by Crippen LogP contribution is -2.51. The number of nitrogens with zero attached hydrogens (tertiary/aromatic N) is 1. The van der Waals surface area contributed by atoms with E-state index in [-0.39, 0.29) is 0 Å². The van der Waals surface area contributed by atoms with Crippen LogP contribution >= 0.6 is 0 Å². The molecule has 2 rings (SSSR count). The Kier molecular flexibility index (Phi) is 5.50. The van der Waals surface area contributed by atoms with Crippen molar-refractivity contribution in [2.45, 2.75) is 83.8 Å². The average molecular weight is 252 g/mol. The number of rotatable bonds is 3. The van der Waals surface area contributed by atoms with Crippen LogP contribution in [0.4, 0.5) is 0 Å². The van der Waals surface area contributed by atoms with Crippen LogP contribution in [0.5, 0.6) is 0 Å². The summed E-state index contributed by atoms with van der Waals surface area (Å²) < 4.78 is 0. The van der Waals surface area contributed by atoms with Crippen LogP contribution in [-0.4, -0.2) is 36.1 Å². The van der Waals surface area contributed by atoms with Crippen LogP contribution in [0.25, 0.3) is 0 Å². The first-order valence-electron chi connectivity index (χ1n) is 8.21. The maximum absolute atomic E-state index is 3.77. The van der Waals surface area contributed by atoms with E-state index in [0.717, 1.165) is 30.6 Å². The van der Waals surface area contributed by atoms with Gasteiger partial charge < -0.3 is 5.32 Å². The topological polar surface area (TPSA) is 15.3 Å². The molecule has 1 saturated carbocycles. The van der Waals surface area contributed by atoms with E-state index in [0.29, 0.717) is 0 Å². The van der Waals surface area contributed by atoms with Gasteiger partial charge in [0.1, 0.15) is 0 Å². The molecule has 1 aliphatic carbocycles. The molecule has 0 bridgehead atoms. The molecule has 1 aliphatic heterocycles. The molecule has 0 amide bonds. The lowest BCUT2D eigenvalue weighted by Gasteiger charge is -2.39. The van der Waals surface area contributed by atoms with Crippen LogP contribution in [0.1, 0.15) is 65.7 Å². The Morgan fingerprint density at radius 2 is 1.78 bits per heavy atom. The molecule has 0 aromatic carbocycles. The lowest BCUT2D eigenvalue weighted by molar-refractivity contribution is 0.126. The summed E-state index contributed by atoms with van der Waals surface area (Å²) in [5, 5.41) is 3.77. The molecule has 1 heterocycles. The molecule has 18 heavy (non-hydrogen) atoms. The molecular formula is C16H32N2. The molecule has 2 fully saturated rings. The summed E-state index contributed by atoms with van der Waals surface area (Å²) in [4.78, 5) is 2.82. The van der Waals surface area contributed by atoms with Gasteiger partial charge in [-0.15, -0.1) is 0 Å². The molecule has 4 atom stereocenters. The zero-order valence-corrected chi connectivity index (χ0v) is 12.6. The second-order valence-corrected chi connectivity index (χ2v) is 6.61. The van der Waals surface area contributed by atoms with Gasteiger partial charge in [0, 0.05) is 24.7 Å². The Labute approximate surface area is 114 Å². The van der Waals surface area contributed by atoms with Gasteiger partial charge >= 0.3 is 0 Å². The Hall–Kier alpha value is -0.0800. The zero-order valence-electron chi connectivity index (χ0n) is 12.6. The number of likely N-dealkylation sites (tertiary alicyclic amines) is 1. The first-order chi connectivity index (χ1) is 8.72. The highest BCUT2D eigenvalue weighted by atomic mass is 15.2. The molecule has 0 aromatic rings. The zero-order chi connectivity index (χ0) is 13.0. The SMILES string of the molecule is CCNC1CCCCCCC1N1CC(C)CC1C. The first-order valence-corrected chi connectivity index (χ1v) is 8.21. The van der Waals surface area contributed by atoms with Gasteiger partial charge in [-0.2, -0.15) is 0 Å². The van der Waals surface area contributed by atoms with E-state index in [1.807, 2.05) is 0 Å². The molecule has 0 spiro atoms. The van der Waals surface area contributed by atoms with Crippen molar-refractivity contribution in [3.05, 3.63) is 0 Å². The summed E-state index contributed by atoms with van der Waals surface area (Å²) in [6.07, 6.45) is 9.95. The normalized spacial score (nSPS) is 39.5. The Balaban J connectivity index is 2.03. The van der Waals surface area contributed by atoms with Crippen LogP contribution in [0.15, 0.2) is 0 Å². The summed E-state index contributed by atoms with van der Waals surface area (Å²) >= 11 is 0. The van der Waals surface area contributed by atoms with Gasteiger partial charge in [0.15, 0.2) is 0 Å². The fourth-order valence-corrected chi connectivity index (χ4v) is 4.16.